The van der Waals surface area contributed by atoms with Crippen LogP contribution in [0.3, 0.4) is 0 Å². The van der Waals surface area contributed by atoms with Crippen LogP contribution in [0.4, 0.5) is 4.39 Å². The Morgan fingerprint density at radius 1 is 1.18 bits per heavy atom. The third kappa shape index (κ3) is 3.35. The molecule has 0 bridgehead atoms. The lowest BCUT2D eigenvalue weighted by Crippen LogP contribution is -2.08. The number of Topliss-reactive ketones (excluding diaryl/α,β-unsaturated/α-hetero) is 1. The minimum absolute atomic E-state index is 0.126. The summed E-state index contributed by atoms with van der Waals surface area (Å²) in [6, 6.07) is 12.4. The molecule has 1 aliphatic rings. The lowest BCUT2D eigenvalue weighted by atomic mass is 9.98. The van der Waals surface area contributed by atoms with E-state index in [-0.39, 0.29) is 11.3 Å². The van der Waals surface area contributed by atoms with Crippen molar-refractivity contribution in [2.75, 3.05) is 6.61 Å². The Bertz CT molecular complexity index is 679. The lowest BCUT2D eigenvalue weighted by molar-refractivity contribution is 0.0976. The number of fused-ring (bicyclic) bond motifs is 1. The molecule has 2 nitrogen and oxygen atoms in total. The molecule has 3 rings (SSSR count). The van der Waals surface area contributed by atoms with Gasteiger partial charge in [-0.3, -0.25) is 4.79 Å². The molecule has 0 saturated carbocycles. The molecular formula is C19H19FO2. The second kappa shape index (κ2) is 6.73. The van der Waals surface area contributed by atoms with E-state index in [2.05, 4.69) is 12.1 Å². The third-order valence-corrected chi connectivity index (χ3v) is 4.02. The Balaban J connectivity index is 1.57. The number of ether oxygens (including phenoxy) is 1. The molecule has 114 valence electrons. The van der Waals surface area contributed by atoms with Crippen molar-refractivity contribution in [1.29, 1.82) is 0 Å². The van der Waals surface area contributed by atoms with Crippen molar-refractivity contribution >= 4 is 5.78 Å². The van der Waals surface area contributed by atoms with Crippen LogP contribution >= 0.6 is 0 Å². The van der Waals surface area contributed by atoms with E-state index in [1.165, 1.54) is 17.2 Å². The molecule has 0 unspecified atom stereocenters. The highest BCUT2D eigenvalue weighted by molar-refractivity contribution is 5.96. The van der Waals surface area contributed by atoms with Crippen LogP contribution in [0.25, 0.3) is 0 Å². The molecule has 0 amide bonds. The number of carbonyl (C=O) groups excluding carboxylic acids is 1. The van der Waals surface area contributed by atoms with Gasteiger partial charge in [-0.2, -0.15) is 0 Å². The van der Waals surface area contributed by atoms with Gasteiger partial charge in [-0.15, -0.1) is 0 Å². The van der Waals surface area contributed by atoms with Gasteiger partial charge in [0.15, 0.2) is 5.78 Å². The highest BCUT2D eigenvalue weighted by atomic mass is 19.1. The second-order valence-electron chi connectivity index (χ2n) is 5.65. The number of rotatable bonds is 5. The van der Waals surface area contributed by atoms with Crippen LogP contribution in [0, 0.1) is 5.82 Å². The number of benzene rings is 2. The number of halogens is 1. The highest BCUT2D eigenvalue weighted by Crippen LogP contribution is 2.26. The van der Waals surface area contributed by atoms with Gasteiger partial charge in [-0.1, -0.05) is 24.3 Å². The monoisotopic (exact) mass is 298 g/mol. The van der Waals surface area contributed by atoms with Crippen molar-refractivity contribution in [3.63, 3.8) is 0 Å². The molecule has 0 fully saturated rings. The molecule has 2 aromatic carbocycles. The van der Waals surface area contributed by atoms with Crippen LogP contribution in [0.5, 0.6) is 5.75 Å². The van der Waals surface area contributed by atoms with Crippen molar-refractivity contribution in [3.8, 4) is 5.75 Å². The summed E-state index contributed by atoms with van der Waals surface area (Å²) in [5.74, 6) is 0.426. The molecule has 0 aromatic heterocycles. The molecule has 0 N–H and O–H groups in total. The fourth-order valence-corrected chi connectivity index (χ4v) is 2.84. The zero-order chi connectivity index (χ0) is 15.4. The molecule has 0 radical (unpaired) electrons. The van der Waals surface area contributed by atoms with Gasteiger partial charge in [0.2, 0.25) is 0 Å². The average Bonchev–Trinajstić information content (AvgIpc) is 2.55. The normalized spacial score (nSPS) is 13.3. The van der Waals surface area contributed by atoms with Gasteiger partial charge in [-0.05, 0) is 55.0 Å². The quantitative estimate of drug-likeness (QED) is 0.767. The van der Waals surface area contributed by atoms with Gasteiger partial charge in [-0.25, -0.2) is 4.39 Å². The van der Waals surface area contributed by atoms with Crippen LogP contribution < -0.4 is 4.74 Å². The van der Waals surface area contributed by atoms with E-state index in [0.717, 1.165) is 38.0 Å². The first-order chi connectivity index (χ1) is 10.7. The minimum atomic E-state index is -0.432. The van der Waals surface area contributed by atoms with Gasteiger partial charge < -0.3 is 4.74 Å². The molecule has 0 saturated heterocycles. The maximum atomic E-state index is 13.5. The molecule has 0 aliphatic carbocycles. The summed E-state index contributed by atoms with van der Waals surface area (Å²) in [6.45, 7) is 0.795. The smallest absolute Gasteiger partial charge is 0.165 e. The molecule has 3 heteroatoms. The van der Waals surface area contributed by atoms with E-state index in [1.807, 2.05) is 6.07 Å². The SMILES string of the molecule is O=C(CCCc1ccc2c(c1)CCCO2)c1ccccc1F. The maximum absolute atomic E-state index is 13.5. The zero-order valence-electron chi connectivity index (χ0n) is 12.5. The first kappa shape index (κ1) is 14.8. The zero-order valence-corrected chi connectivity index (χ0v) is 12.5. The van der Waals surface area contributed by atoms with Crippen LogP contribution in [0.1, 0.15) is 40.7 Å². The van der Waals surface area contributed by atoms with Crippen LogP contribution in [-0.4, -0.2) is 12.4 Å². The second-order valence-corrected chi connectivity index (χ2v) is 5.65. The molecule has 1 aliphatic heterocycles. The topological polar surface area (TPSA) is 26.3 Å². The first-order valence-electron chi connectivity index (χ1n) is 7.76. The Hall–Kier alpha value is -2.16. The number of aryl methyl sites for hydroxylation is 2. The van der Waals surface area contributed by atoms with Gasteiger partial charge >= 0.3 is 0 Å². The maximum Gasteiger partial charge on any atom is 0.165 e. The molecule has 22 heavy (non-hydrogen) atoms. The Labute approximate surface area is 129 Å². The standard InChI is InChI=1S/C19H19FO2/c20-17-8-2-1-7-16(17)18(21)9-3-5-14-10-11-19-15(13-14)6-4-12-22-19/h1-2,7-8,10-11,13H,3-6,9,12H2. The predicted molar refractivity (Wildman–Crippen MR) is 83.9 cm³/mol. The summed E-state index contributed by atoms with van der Waals surface area (Å²) in [4.78, 5) is 12.0. The molecule has 2 aromatic rings. The van der Waals surface area contributed by atoms with Crippen molar-refractivity contribution in [2.45, 2.75) is 32.1 Å². The van der Waals surface area contributed by atoms with E-state index >= 15 is 0 Å². The van der Waals surface area contributed by atoms with Gasteiger partial charge in [0.1, 0.15) is 11.6 Å². The van der Waals surface area contributed by atoms with E-state index in [9.17, 15) is 9.18 Å². The highest BCUT2D eigenvalue weighted by Gasteiger charge is 2.12. The fourth-order valence-electron chi connectivity index (χ4n) is 2.84. The van der Waals surface area contributed by atoms with Crippen molar-refractivity contribution in [1.82, 2.24) is 0 Å². The summed E-state index contributed by atoms with van der Waals surface area (Å²) in [5.41, 5.74) is 2.66. The van der Waals surface area contributed by atoms with Crippen molar-refractivity contribution in [2.24, 2.45) is 0 Å². The van der Waals surface area contributed by atoms with Crippen molar-refractivity contribution < 1.29 is 13.9 Å². The molecule has 1 heterocycles. The minimum Gasteiger partial charge on any atom is -0.493 e. The fraction of sp³-hybridized carbons (Fsp3) is 0.316. The van der Waals surface area contributed by atoms with Crippen LogP contribution in [0.15, 0.2) is 42.5 Å². The average molecular weight is 298 g/mol. The van der Waals surface area contributed by atoms with Crippen molar-refractivity contribution in [3.05, 3.63) is 65.0 Å². The van der Waals surface area contributed by atoms with E-state index < -0.39 is 5.82 Å². The summed E-state index contributed by atoms with van der Waals surface area (Å²) in [6.07, 6.45) is 4.04. The molecule has 0 spiro atoms. The number of hydrogen-bond acceptors (Lipinski definition) is 2. The van der Waals surface area contributed by atoms with Crippen LogP contribution in [-0.2, 0) is 12.8 Å². The van der Waals surface area contributed by atoms with Crippen LogP contribution in [0.2, 0.25) is 0 Å². The van der Waals surface area contributed by atoms with E-state index in [0.29, 0.717) is 6.42 Å². The lowest BCUT2D eigenvalue weighted by Gasteiger charge is -2.17. The Morgan fingerprint density at radius 2 is 2.05 bits per heavy atom. The first-order valence-corrected chi connectivity index (χ1v) is 7.76. The number of carbonyl (C=O) groups is 1. The van der Waals surface area contributed by atoms with Gasteiger partial charge in [0, 0.05) is 6.42 Å². The number of ketones is 1. The summed E-state index contributed by atoms with van der Waals surface area (Å²) in [7, 11) is 0. The molecule has 0 atom stereocenters. The molecular weight excluding hydrogens is 279 g/mol. The summed E-state index contributed by atoms with van der Waals surface area (Å²) >= 11 is 0. The number of hydrogen-bond donors (Lipinski definition) is 0. The summed E-state index contributed by atoms with van der Waals surface area (Å²) < 4.78 is 19.1. The Kier molecular flexibility index (Phi) is 4.52. The van der Waals surface area contributed by atoms with E-state index in [1.54, 1.807) is 18.2 Å². The van der Waals surface area contributed by atoms with E-state index in [4.69, 9.17) is 4.74 Å². The summed E-state index contributed by atoms with van der Waals surface area (Å²) in [5, 5.41) is 0. The Morgan fingerprint density at radius 3 is 2.91 bits per heavy atom. The predicted octanol–water partition coefficient (Wildman–Crippen LogP) is 4.36. The largest absolute Gasteiger partial charge is 0.493 e. The third-order valence-electron chi connectivity index (χ3n) is 4.02. The van der Waals surface area contributed by atoms with Gasteiger partial charge in [0.05, 0.1) is 12.2 Å². The van der Waals surface area contributed by atoms with Gasteiger partial charge in [0.25, 0.3) is 0 Å².